The standard InChI is InChI=1S/C11H13BrO2S/c1-15(13,14)11-8-3-2-6-10(11)7-4-5-9-12/h2-4,6-8H,5,9H2,1H3. The van der Waals surface area contributed by atoms with Crippen molar-refractivity contribution in [3.8, 4) is 0 Å². The van der Waals surface area contributed by atoms with Crippen molar-refractivity contribution in [2.45, 2.75) is 11.3 Å². The fraction of sp³-hybridized carbons (Fsp3) is 0.273. The van der Waals surface area contributed by atoms with E-state index in [9.17, 15) is 8.42 Å². The van der Waals surface area contributed by atoms with Crippen LogP contribution in [-0.2, 0) is 9.84 Å². The van der Waals surface area contributed by atoms with Gasteiger partial charge < -0.3 is 0 Å². The number of rotatable bonds is 4. The van der Waals surface area contributed by atoms with Crippen LogP contribution in [0, 0.1) is 0 Å². The minimum atomic E-state index is -3.13. The van der Waals surface area contributed by atoms with Crippen LogP contribution in [-0.4, -0.2) is 20.0 Å². The SMILES string of the molecule is CS(=O)(=O)c1ccccc1C=CCCBr. The molecule has 0 unspecified atom stereocenters. The molecular formula is C11H13BrO2S. The molecule has 0 aliphatic heterocycles. The van der Waals surface area contributed by atoms with Gasteiger partial charge in [0, 0.05) is 11.6 Å². The summed E-state index contributed by atoms with van der Waals surface area (Å²) < 4.78 is 22.9. The maximum atomic E-state index is 11.4. The second-order valence-corrected chi connectivity index (χ2v) is 5.97. The first-order valence-corrected chi connectivity index (χ1v) is 7.58. The summed E-state index contributed by atoms with van der Waals surface area (Å²) in [5.74, 6) is 0. The van der Waals surface area contributed by atoms with Crippen LogP contribution in [0.1, 0.15) is 12.0 Å². The molecule has 0 aromatic heterocycles. The van der Waals surface area contributed by atoms with Crippen molar-refractivity contribution in [1.29, 1.82) is 0 Å². The van der Waals surface area contributed by atoms with Crippen molar-refractivity contribution in [2.24, 2.45) is 0 Å². The van der Waals surface area contributed by atoms with Crippen LogP contribution in [0.15, 0.2) is 35.2 Å². The van der Waals surface area contributed by atoms with Gasteiger partial charge in [-0.05, 0) is 18.1 Å². The lowest BCUT2D eigenvalue weighted by atomic mass is 10.2. The van der Waals surface area contributed by atoms with E-state index in [0.717, 1.165) is 17.3 Å². The lowest BCUT2D eigenvalue weighted by Gasteiger charge is -2.02. The summed E-state index contributed by atoms with van der Waals surface area (Å²) in [5, 5.41) is 0.880. The number of alkyl halides is 1. The molecule has 0 fully saturated rings. The van der Waals surface area contributed by atoms with Crippen LogP contribution in [0.25, 0.3) is 6.08 Å². The zero-order chi connectivity index (χ0) is 11.3. The highest BCUT2D eigenvalue weighted by Gasteiger charge is 2.09. The van der Waals surface area contributed by atoms with Crippen molar-refractivity contribution in [1.82, 2.24) is 0 Å². The average molecular weight is 289 g/mol. The highest BCUT2D eigenvalue weighted by molar-refractivity contribution is 9.09. The zero-order valence-corrected chi connectivity index (χ0v) is 10.9. The Hall–Kier alpha value is -0.610. The molecule has 1 aromatic carbocycles. The minimum absolute atomic E-state index is 0.385. The van der Waals surface area contributed by atoms with Crippen LogP contribution >= 0.6 is 15.9 Å². The minimum Gasteiger partial charge on any atom is -0.224 e. The average Bonchev–Trinajstić information content (AvgIpc) is 2.17. The van der Waals surface area contributed by atoms with E-state index in [1.54, 1.807) is 18.2 Å². The van der Waals surface area contributed by atoms with E-state index < -0.39 is 9.84 Å². The summed E-state index contributed by atoms with van der Waals surface area (Å²) >= 11 is 3.31. The van der Waals surface area contributed by atoms with Gasteiger partial charge in [0.2, 0.25) is 0 Å². The number of benzene rings is 1. The van der Waals surface area contributed by atoms with Crippen molar-refractivity contribution in [3.63, 3.8) is 0 Å². The van der Waals surface area contributed by atoms with Crippen LogP contribution in [0.3, 0.4) is 0 Å². The number of hydrogen-bond donors (Lipinski definition) is 0. The van der Waals surface area contributed by atoms with Crippen LogP contribution < -0.4 is 0 Å². The molecular weight excluding hydrogens is 276 g/mol. The Morgan fingerprint density at radius 3 is 2.60 bits per heavy atom. The van der Waals surface area contributed by atoms with E-state index >= 15 is 0 Å². The van der Waals surface area contributed by atoms with Crippen LogP contribution in [0.5, 0.6) is 0 Å². The molecule has 0 amide bonds. The Labute approximate surface area is 99.1 Å². The molecule has 0 aliphatic carbocycles. The Morgan fingerprint density at radius 1 is 1.33 bits per heavy atom. The smallest absolute Gasteiger partial charge is 0.176 e. The van der Waals surface area contributed by atoms with Gasteiger partial charge >= 0.3 is 0 Å². The number of sulfone groups is 1. The molecule has 4 heteroatoms. The predicted molar refractivity (Wildman–Crippen MR) is 67.0 cm³/mol. The molecule has 0 heterocycles. The van der Waals surface area contributed by atoms with E-state index in [1.807, 2.05) is 18.2 Å². The van der Waals surface area contributed by atoms with Crippen molar-refractivity contribution in [3.05, 3.63) is 35.9 Å². The highest BCUT2D eigenvalue weighted by Crippen LogP contribution is 2.16. The summed E-state index contributed by atoms with van der Waals surface area (Å²) in [7, 11) is -3.13. The third-order valence-corrected chi connectivity index (χ3v) is 3.52. The quantitative estimate of drug-likeness (QED) is 0.799. The Balaban J connectivity index is 3.08. The molecule has 1 rings (SSSR count). The van der Waals surface area contributed by atoms with Gasteiger partial charge in [-0.25, -0.2) is 8.42 Å². The maximum Gasteiger partial charge on any atom is 0.176 e. The molecule has 1 aromatic rings. The van der Waals surface area contributed by atoms with E-state index in [-0.39, 0.29) is 0 Å². The van der Waals surface area contributed by atoms with Crippen molar-refractivity contribution in [2.75, 3.05) is 11.6 Å². The van der Waals surface area contributed by atoms with Gasteiger partial charge in [0.1, 0.15) is 0 Å². The number of halogens is 1. The van der Waals surface area contributed by atoms with Gasteiger partial charge in [-0.2, -0.15) is 0 Å². The predicted octanol–water partition coefficient (Wildman–Crippen LogP) is 2.89. The molecule has 0 N–H and O–H groups in total. The van der Waals surface area contributed by atoms with Crippen LogP contribution in [0.2, 0.25) is 0 Å². The number of allylic oxidation sites excluding steroid dienone is 1. The van der Waals surface area contributed by atoms with E-state index in [2.05, 4.69) is 15.9 Å². The molecule has 0 atom stereocenters. The zero-order valence-electron chi connectivity index (χ0n) is 8.48. The van der Waals surface area contributed by atoms with Gasteiger partial charge in [-0.1, -0.05) is 46.3 Å². The van der Waals surface area contributed by atoms with Crippen molar-refractivity contribution < 1.29 is 8.42 Å². The van der Waals surface area contributed by atoms with Gasteiger partial charge in [-0.3, -0.25) is 0 Å². The van der Waals surface area contributed by atoms with Crippen molar-refractivity contribution >= 4 is 31.8 Å². The normalized spacial score (nSPS) is 12.1. The fourth-order valence-corrected chi connectivity index (χ4v) is 2.38. The molecule has 15 heavy (non-hydrogen) atoms. The monoisotopic (exact) mass is 288 g/mol. The molecule has 82 valence electrons. The molecule has 0 radical (unpaired) electrons. The van der Waals surface area contributed by atoms with Gasteiger partial charge in [-0.15, -0.1) is 0 Å². The first-order valence-electron chi connectivity index (χ1n) is 4.57. The first kappa shape index (κ1) is 12.5. The second-order valence-electron chi connectivity index (χ2n) is 3.19. The molecule has 0 spiro atoms. The van der Waals surface area contributed by atoms with E-state index in [4.69, 9.17) is 0 Å². The first-order chi connectivity index (χ1) is 7.05. The summed E-state index contributed by atoms with van der Waals surface area (Å²) in [6, 6.07) is 7.00. The summed E-state index contributed by atoms with van der Waals surface area (Å²) in [6.45, 7) is 0. The summed E-state index contributed by atoms with van der Waals surface area (Å²) in [5.41, 5.74) is 0.751. The lowest BCUT2D eigenvalue weighted by Crippen LogP contribution is -1.99. The molecule has 2 nitrogen and oxygen atoms in total. The molecule has 0 saturated carbocycles. The topological polar surface area (TPSA) is 34.1 Å². The molecule has 0 aliphatic rings. The highest BCUT2D eigenvalue weighted by atomic mass is 79.9. The Bertz CT molecular complexity index is 449. The third-order valence-electron chi connectivity index (χ3n) is 1.89. The van der Waals surface area contributed by atoms with Gasteiger partial charge in [0.25, 0.3) is 0 Å². The summed E-state index contributed by atoms with van der Waals surface area (Å²) in [6.07, 6.45) is 5.92. The number of hydrogen-bond acceptors (Lipinski definition) is 2. The Morgan fingerprint density at radius 2 is 2.00 bits per heavy atom. The molecule has 0 saturated heterocycles. The largest absolute Gasteiger partial charge is 0.224 e. The molecule has 0 bridgehead atoms. The lowest BCUT2D eigenvalue weighted by molar-refractivity contribution is 0.601. The van der Waals surface area contributed by atoms with Crippen LogP contribution in [0.4, 0.5) is 0 Å². The third kappa shape index (κ3) is 3.80. The maximum absolute atomic E-state index is 11.4. The second kappa shape index (κ2) is 5.47. The van der Waals surface area contributed by atoms with Gasteiger partial charge in [0.05, 0.1) is 4.90 Å². The van der Waals surface area contributed by atoms with Gasteiger partial charge in [0.15, 0.2) is 9.84 Å². The van der Waals surface area contributed by atoms with E-state index in [0.29, 0.717) is 4.90 Å². The summed E-state index contributed by atoms with van der Waals surface area (Å²) in [4.78, 5) is 0.385. The van der Waals surface area contributed by atoms with E-state index in [1.165, 1.54) is 6.26 Å². The fourth-order valence-electron chi connectivity index (χ4n) is 1.23. The Kier molecular flexibility index (Phi) is 4.54.